The van der Waals surface area contributed by atoms with Gasteiger partial charge in [-0.05, 0) is 12.2 Å². The molecule has 62 valence electrons. The lowest BCUT2D eigenvalue weighted by atomic mass is 10.2. The van der Waals surface area contributed by atoms with Crippen molar-refractivity contribution in [1.82, 2.24) is 4.37 Å². The Labute approximate surface area is 74.7 Å². The minimum absolute atomic E-state index is 0.0759. The Morgan fingerprint density at radius 2 is 2.17 bits per heavy atom. The van der Waals surface area contributed by atoms with E-state index < -0.39 is 0 Å². The van der Waals surface area contributed by atoms with E-state index in [1.165, 1.54) is 11.5 Å². The Kier molecular flexibility index (Phi) is 2.82. The maximum absolute atomic E-state index is 11.1. The van der Waals surface area contributed by atoms with Crippen LogP contribution in [0.25, 0.3) is 12.2 Å². The number of aromatic nitrogens is 1. The molecule has 0 saturated heterocycles. The van der Waals surface area contributed by atoms with Crippen LogP contribution >= 0.6 is 11.5 Å². The molecule has 0 spiro atoms. The number of aromatic amines is 1. The number of nitrogens with one attached hydrogen (secondary N) is 1. The van der Waals surface area contributed by atoms with Crippen LogP contribution in [0, 0.1) is 0 Å². The van der Waals surface area contributed by atoms with Gasteiger partial charge in [-0.15, -0.1) is 0 Å². The van der Waals surface area contributed by atoms with Gasteiger partial charge in [0.2, 0.25) is 0 Å². The number of allylic oxidation sites excluding steroid dienone is 2. The number of H-pyrrole nitrogens is 1. The van der Waals surface area contributed by atoms with Gasteiger partial charge in [-0.3, -0.25) is 9.17 Å². The van der Waals surface area contributed by atoms with E-state index in [9.17, 15) is 4.79 Å². The topological polar surface area (TPSA) is 32.9 Å². The molecule has 12 heavy (non-hydrogen) atoms. The predicted molar refractivity (Wildman–Crippen MR) is 54.3 cm³/mol. The molecule has 3 heteroatoms. The average molecular weight is 179 g/mol. The molecule has 0 bridgehead atoms. The third-order valence-electron chi connectivity index (χ3n) is 1.35. The summed E-state index contributed by atoms with van der Waals surface area (Å²) >= 11 is 1.29. The molecule has 1 heterocycles. The first-order valence-corrected chi connectivity index (χ1v) is 4.24. The van der Waals surface area contributed by atoms with Gasteiger partial charge in [0.05, 0.1) is 10.4 Å². The molecule has 0 aliphatic carbocycles. The van der Waals surface area contributed by atoms with Crippen LogP contribution in [-0.2, 0) is 0 Å². The second-order valence-corrected chi connectivity index (χ2v) is 2.96. The molecule has 0 saturated carbocycles. The third kappa shape index (κ3) is 1.62. The summed E-state index contributed by atoms with van der Waals surface area (Å²) in [5.74, 6) is 0. The quantitative estimate of drug-likeness (QED) is 0.709. The summed E-state index contributed by atoms with van der Waals surface area (Å²) in [5.41, 5.74) is 0.572. The van der Waals surface area contributed by atoms with E-state index in [0.29, 0.717) is 5.56 Å². The minimum Gasteiger partial charge on any atom is -0.277 e. The zero-order valence-corrected chi connectivity index (χ0v) is 7.36. The fourth-order valence-electron chi connectivity index (χ4n) is 0.797. The molecule has 0 unspecified atom stereocenters. The molecule has 1 N–H and O–H groups in total. The van der Waals surface area contributed by atoms with Crippen LogP contribution in [0.15, 0.2) is 30.1 Å². The molecular weight excluding hydrogens is 170 g/mol. The van der Waals surface area contributed by atoms with Crippen LogP contribution in [0.3, 0.4) is 0 Å². The fourth-order valence-corrected chi connectivity index (χ4v) is 1.46. The molecule has 0 atom stereocenters. The lowest BCUT2D eigenvalue weighted by Gasteiger charge is -1.84. The van der Waals surface area contributed by atoms with Gasteiger partial charge in [0.25, 0.3) is 5.56 Å². The highest BCUT2D eigenvalue weighted by atomic mass is 32.1. The number of hydrogen-bond acceptors (Lipinski definition) is 2. The van der Waals surface area contributed by atoms with Crippen molar-refractivity contribution in [3.05, 3.63) is 46.1 Å². The van der Waals surface area contributed by atoms with Crippen molar-refractivity contribution in [3.63, 3.8) is 0 Å². The summed E-state index contributed by atoms with van der Waals surface area (Å²) in [4.78, 5) is 12.0. The van der Waals surface area contributed by atoms with E-state index >= 15 is 0 Å². The highest BCUT2D eigenvalue weighted by molar-refractivity contribution is 7.07. The van der Waals surface area contributed by atoms with E-state index in [0.717, 1.165) is 4.88 Å². The van der Waals surface area contributed by atoms with Crippen molar-refractivity contribution in [1.29, 1.82) is 0 Å². The molecule has 0 fully saturated rings. The first-order valence-electron chi connectivity index (χ1n) is 3.42. The zero-order chi connectivity index (χ0) is 8.97. The molecule has 0 aliphatic heterocycles. The summed E-state index contributed by atoms with van der Waals surface area (Å²) in [7, 11) is 0. The third-order valence-corrected chi connectivity index (χ3v) is 2.24. The molecule has 2 nitrogen and oxygen atoms in total. The van der Waals surface area contributed by atoms with E-state index in [-0.39, 0.29) is 5.56 Å². The summed E-state index contributed by atoms with van der Waals surface area (Å²) in [6.07, 6.45) is 6.74. The van der Waals surface area contributed by atoms with Gasteiger partial charge in [0.15, 0.2) is 0 Å². The average Bonchev–Trinajstić information content (AvgIpc) is 2.43. The monoisotopic (exact) mass is 179 g/mol. The molecule has 1 aromatic heterocycles. The van der Waals surface area contributed by atoms with E-state index in [1.807, 2.05) is 0 Å². The molecule has 0 radical (unpaired) electrons. The summed E-state index contributed by atoms with van der Waals surface area (Å²) in [6.45, 7) is 7.13. The molecule has 0 aliphatic rings. The Balaban J connectivity index is 3.18. The normalized spacial score (nSPS) is 10.3. The molecular formula is C9H9NOS. The predicted octanol–water partition coefficient (Wildman–Crippen LogP) is 2.28. The Morgan fingerprint density at radius 3 is 2.75 bits per heavy atom. The number of hydrogen-bond donors (Lipinski definition) is 1. The maximum Gasteiger partial charge on any atom is 0.265 e. The Hall–Kier alpha value is -1.35. The van der Waals surface area contributed by atoms with Crippen molar-refractivity contribution in [2.24, 2.45) is 0 Å². The van der Waals surface area contributed by atoms with Gasteiger partial charge in [-0.25, -0.2) is 0 Å². The number of rotatable bonds is 3. The van der Waals surface area contributed by atoms with Gasteiger partial charge in [0.1, 0.15) is 0 Å². The first kappa shape index (κ1) is 8.74. The maximum atomic E-state index is 11.1. The van der Waals surface area contributed by atoms with Crippen LogP contribution < -0.4 is 5.56 Å². The van der Waals surface area contributed by atoms with Crippen molar-refractivity contribution in [2.75, 3.05) is 0 Å². The smallest absolute Gasteiger partial charge is 0.265 e. The van der Waals surface area contributed by atoms with Crippen LogP contribution in [0.2, 0.25) is 0 Å². The molecule has 1 aromatic rings. The van der Waals surface area contributed by atoms with Crippen molar-refractivity contribution >= 4 is 23.7 Å². The highest BCUT2D eigenvalue weighted by Crippen LogP contribution is 2.11. The fraction of sp³-hybridized carbons (Fsp3) is 0. The van der Waals surface area contributed by atoms with Crippen molar-refractivity contribution in [2.45, 2.75) is 0 Å². The van der Waals surface area contributed by atoms with Crippen molar-refractivity contribution < 1.29 is 0 Å². The lowest BCUT2D eigenvalue weighted by Crippen LogP contribution is -2.00. The Morgan fingerprint density at radius 1 is 1.42 bits per heavy atom. The summed E-state index contributed by atoms with van der Waals surface area (Å²) < 4.78 is 2.63. The van der Waals surface area contributed by atoms with Crippen LogP contribution in [0.1, 0.15) is 10.4 Å². The van der Waals surface area contributed by atoms with Gasteiger partial charge < -0.3 is 0 Å². The minimum atomic E-state index is -0.0759. The van der Waals surface area contributed by atoms with E-state index in [1.54, 1.807) is 24.3 Å². The standard InChI is InChI=1S/C9H9NOS/c1-3-5-6-7-8(4-2)12-10-9(7)11/h3-6H,1-2H2,(H,10,11)/b6-5-. The van der Waals surface area contributed by atoms with Gasteiger partial charge in [0, 0.05) is 0 Å². The van der Waals surface area contributed by atoms with Gasteiger partial charge in [-0.1, -0.05) is 36.8 Å². The largest absolute Gasteiger partial charge is 0.277 e. The van der Waals surface area contributed by atoms with Gasteiger partial charge in [-0.2, -0.15) is 0 Å². The van der Waals surface area contributed by atoms with E-state index in [2.05, 4.69) is 17.5 Å². The highest BCUT2D eigenvalue weighted by Gasteiger charge is 2.02. The molecule has 0 amide bonds. The second-order valence-electron chi connectivity index (χ2n) is 2.11. The van der Waals surface area contributed by atoms with Crippen LogP contribution in [0.4, 0.5) is 0 Å². The SMILES string of the molecule is C=C/C=C\c1c(C=C)s[nH]c1=O. The second kappa shape index (κ2) is 3.88. The lowest BCUT2D eigenvalue weighted by molar-refractivity contribution is 1.41. The molecule has 1 rings (SSSR count). The van der Waals surface area contributed by atoms with Gasteiger partial charge >= 0.3 is 0 Å². The van der Waals surface area contributed by atoms with E-state index in [4.69, 9.17) is 0 Å². The zero-order valence-electron chi connectivity index (χ0n) is 6.54. The summed E-state index contributed by atoms with van der Waals surface area (Å²) in [5, 5.41) is 0. The van der Waals surface area contributed by atoms with Crippen molar-refractivity contribution in [3.8, 4) is 0 Å². The van der Waals surface area contributed by atoms with Crippen LogP contribution in [-0.4, -0.2) is 4.37 Å². The first-order chi connectivity index (χ1) is 5.79. The Bertz CT molecular complexity index is 370. The van der Waals surface area contributed by atoms with Crippen LogP contribution in [0.5, 0.6) is 0 Å². The summed E-state index contributed by atoms with van der Waals surface area (Å²) in [6, 6.07) is 0. The molecule has 0 aromatic carbocycles.